The molecule has 0 aliphatic rings. The van der Waals surface area contributed by atoms with Gasteiger partial charge in [0, 0.05) is 17.1 Å². The second-order valence-electron chi connectivity index (χ2n) is 4.95. The topological polar surface area (TPSA) is 53.4 Å². The van der Waals surface area contributed by atoms with Gasteiger partial charge in [0.15, 0.2) is 11.6 Å². The van der Waals surface area contributed by atoms with Crippen LogP contribution in [0.4, 0.5) is 8.78 Å². The summed E-state index contributed by atoms with van der Waals surface area (Å²) in [5, 5.41) is 19.7. The fraction of sp³-hybridized carbons (Fsp3) is 0.118. The summed E-state index contributed by atoms with van der Waals surface area (Å²) in [5.74, 6) is -1.98. The predicted octanol–water partition coefficient (Wildman–Crippen LogP) is 3.16. The molecule has 0 radical (unpaired) electrons. The molecule has 1 aromatic heterocycles. The molecule has 22 heavy (non-hydrogen) atoms. The van der Waals surface area contributed by atoms with E-state index in [1.54, 1.807) is 24.4 Å². The molecule has 1 heterocycles. The maximum absolute atomic E-state index is 13.6. The predicted molar refractivity (Wildman–Crippen MR) is 78.9 cm³/mol. The lowest BCUT2D eigenvalue weighted by Crippen LogP contribution is -1.97. The Balaban J connectivity index is 2.28. The van der Waals surface area contributed by atoms with Crippen molar-refractivity contribution in [1.29, 1.82) is 0 Å². The van der Waals surface area contributed by atoms with Gasteiger partial charge in [0.05, 0.1) is 18.7 Å². The summed E-state index contributed by atoms with van der Waals surface area (Å²) >= 11 is 0. The van der Waals surface area contributed by atoms with Gasteiger partial charge in [-0.3, -0.25) is 4.98 Å². The maximum Gasteiger partial charge on any atom is 0.159 e. The van der Waals surface area contributed by atoms with Gasteiger partial charge in [-0.2, -0.15) is 0 Å². The first-order chi connectivity index (χ1) is 10.6. The standard InChI is InChI=1S/C17H13F2NO2/c18-15-6-12(8-21)14(7-16(15)19)11-4-10-2-1-3-20-17(10)13(5-11)9-22/h1-7,21-22H,8-9H2. The van der Waals surface area contributed by atoms with Crippen molar-refractivity contribution < 1.29 is 19.0 Å². The molecule has 0 amide bonds. The fourth-order valence-corrected chi connectivity index (χ4v) is 2.53. The number of nitrogens with zero attached hydrogens (tertiary/aromatic N) is 1. The first-order valence-electron chi connectivity index (χ1n) is 6.71. The number of aliphatic hydroxyl groups is 2. The van der Waals surface area contributed by atoms with E-state index in [9.17, 15) is 19.0 Å². The molecule has 112 valence electrons. The number of halogens is 2. The highest BCUT2D eigenvalue weighted by atomic mass is 19.2. The summed E-state index contributed by atoms with van der Waals surface area (Å²) in [5.41, 5.74) is 2.50. The number of benzene rings is 2. The van der Waals surface area contributed by atoms with E-state index in [1.165, 1.54) is 0 Å². The van der Waals surface area contributed by atoms with Crippen LogP contribution in [-0.4, -0.2) is 15.2 Å². The number of hydrogen-bond donors (Lipinski definition) is 2. The van der Waals surface area contributed by atoms with Crippen molar-refractivity contribution in [3.63, 3.8) is 0 Å². The van der Waals surface area contributed by atoms with Gasteiger partial charge in [-0.15, -0.1) is 0 Å². The van der Waals surface area contributed by atoms with Crippen molar-refractivity contribution in [3.8, 4) is 11.1 Å². The maximum atomic E-state index is 13.6. The van der Waals surface area contributed by atoms with Gasteiger partial charge in [-0.25, -0.2) is 8.78 Å². The molecule has 2 aromatic carbocycles. The summed E-state index contributed by atoms with van der Waals surface area (Å²) in [6.45, 7) is -0.633. The molecule has 2 N–H and O–H groups in total. The molecule has 5 heteroatoms. The largest absolute Gasteiger partial charge is 0.392 e. The van der Waals surface area contributed by atoms with Crippen molar-refractivity contribution in [1.82, 2.24) is 4.98 Å². The summed E-state index contributed by atoms with van der Waals surface area (Å²) in [4.78, 5) is 4.22. The van der Waals surface area contributed by atoms with Crippen molar-refractivity contribution in [3.05, 3.63) is 65.4 Å². The van der Waals surface area contributed by atoms with Gasteiger partial charge in [0.1, 0.15) is 0 Å². The zero-order chi connectivity index (χ0) is 15.7. The summed E-state index contributed by atoms with van der Waals surface area (Å²) in [6.07, 6.45) is 1.62. The molecule has 0 aliphatic carbocycles. The number of aromatic nitrogens is 1. The normalized spacial score (nSPS) is 11.1. The van der Waals surface area contributed by atoms with E-state index in [2.05, 4.69) is 4.98 Å². The summed E-state index contributed by atoms with van der Waals surface area (Å²) < 4.78 is 26.9. The number of aliphatic hydroxyl groups excluding tert-OH is 2. The second-order valence-corrected chi connectivity index (χ2v) is 4.95. The lowest BCUT2D eigenvalue weighted by molar-refractivity contribution is 0.281. The first-order valence-corrected chi connectivity index (χ1v) is 6.71. The van der Waals surface area contributed by atoms with Crippen molar-refractivity contribution >= 4 is 10.9 Å². The van der Waals surface area contributed by atoms with Crippen LogP contribution < -0.4 is 0 Å². The van der Waals surface area contributed by atoms with E-state index < -0.39 is 18.2 Å². The monoisotopic (exact) mass is 301 g/mol. The Hall–Kier alpha value is -2.37. The van der Waals surface area contributed by atoms with E-state index >= 15 is 0 Å². The molecule has 0 aliphatic heterocycles. The van der Waals surface area contributed by atoms with E-state index in [0.29, 0.717) is 22.2 Å². The molecule has 3 aromatic rings. The van der Waals surface area contributed by atoms with Crippen molar-refractivity contribution in [2.24, 2.45) is 0 Å². The molecular formula is C17H13F2NO2. The number of hydrogen-bond acceptors (Lipinski definition) is 3. The lowest BCUT2D eigenvalue weighted by Gasteiger charge is -2.12. The molecular weight excluding hydrogens is 288 g/mol. The van der Waals surface area contributed by atoms with Gasteiger partial charge in [0.25, 0.3) is 0 Å². The Morgan fingerprint density at radius 1 is 0.909 bits per heavy atom. The molecule has 3 rings (SSSR count). The molecule has 0 bridgehead atoms. The van der Waals surface area contributed by atoms with Gasteiger partial charge < -0.3 is 10.2 Å². The van der Waals surface area contributed by atoms with Crippen molar-refractivity contribution in [2.75, 3.05) is 0 Å². The van der Waals surface area contributed by atoms with Gasteiger partial charge in [-0.1, -0.05) is 6.07 Å². The fourth-order valence-electron chi connectivity index (χ4n) is 2.53. The smallest absolute Gasteiger partial charge is 0.159 e. The first kappa shape index (κ1) is 14.6. The SMILES string of the molecule is OCc1cc(F)c(F)cc1-c1cc(CO)c2ncccc2c1. The quantitative estimate of drug-likeness (QED) is 0.781. The van der Waals surface area contributed by atoms with Gasteiger partial charge in [0.2, 0.25) is 0 Å². The average Bonchev–Trinajstić information content (AvgIpc) is 2.55. The zero-order valence-electron chi connectivity index (χ0n) is 11.6. The van der Waals surface area contributed by atoms with Crippen LogP contribution in [0.1, 0.15) is 11.1 Å². The van der Waals surface area contributed by atoms with E-state index in [4.69, 9.17) is 0 Å². The van der Waals surface area contributed by atoms with Crippen LogP contribution in [0.2, 0.25) is 0 Å². The van der Waals surface area contributed by atoms with Crippen LogP contribution in [0.15, 0.2) is 42.6 Å². The van der Waals surface area contributed by atoms with Crippen LogP contribution in [0.25, 0.3) is 22.0 Å². The van der Waals surface area contributed by atoms with Crippen LogP contribution in [0.5, 0.6) is 0 Å². The third-order valence-electron chi connectivity index (χ3n) is 3.58. The Labute approximate surface area is 125 Å². The highest BCUT2D eigenvalue weighted by Crippen LogP contribution is 2.30. The molecule has 0 unspecified atom stereocenters. The zero-order valence-corrected chi connectivity index (χ0v) is 11.6. The van der Waals surface area contributed by atoms with E-state index in [0.717, 1.165) is 17.5 Å². The van der Waals surface area contributed by atoms with E-state index in [1.807, 2.05) is 6.07 Å². The third-order valence-corrected chi connectivity index (χ3v) is 3.58. The molecule has 0 saturated heterocycles. The Kier molecular flexibility index (Phi) is 3.83. The Morgan fingerprint density at radius 3 is 2.36 bits per heavy atom. The van der Waals surface area contributed by atoms with Crippen LogP contribution in [0, 0.1) is 11.6 Å². The van der Waals surface area contributed by atoms with Crippen LogP contribution in [0.3, 0.4) is 0 Å². The second kappa shape index (κ2) is 5.79. The van der Waals surface area contributed by atoms with Crippen molar-refractivity contribution in [2.45, 2.75) is 13.2 Å². The summed E-state index contributed by atoms with van der Waals surface area (Å²) in [6, 6.07) is 9.06. The number of fused-ring (bicyclic) bond motifs is 1. The number of rotatable bonds is 3. The minimum Gasteiger partial charge on any atom is -0.392 e. The lowest BCUT2D eigenvalue weighted by atomic mass is 9.96. The molecule has 0 saturated carbocycles. The number of pyridine rings is 1. The average molecular weight is 301 g/mol. The van der Waals surface area contributed by atoms with Crippen LogP contribution >= 0.6 is 0 Å². The molecule has 3 nitrogen and oxygen atoms in total. The molecule has 0 spiro atoms. The minimum absolute atomic E-state index is 0.223. The molecule has 0 fully saturated rings. The third kappa shape index (κ3) is 2.45. The highest BCUT2D eigenvalue weighted by Gasteiger charge is 2.13. The van der Waals surface area contributed by atoms with Gasteiger partial charge >= 0.3 is 0 Å². The van der Waals surface area contributed by atoms with Gasteiger partial charge in [-0.05, 0) is 47.0 Å². The molecule has 0 atom stereocenters. The van der Waals surface area contributed by atoms with Crippen LogP contribution in [-0.2, 0) is 13.2 Å². The van der Waals surface area contributed by atoms with E-state index in [-0.39, 0.29) is 12.2 Å². The Morgan fingerprint density at radius 2 is 1.64 bits per heavy atom. The Bertz CT molecular complexity index is 849. The summed E-state index contributed by atoms with van der Waals surface area (Å²) in [7, 11) is 0. The minimum atomic E-state index is -1.00. The highest BCUT2D eigenvalue weighted by molar-refractivity contribution is 5.87.